The fourth-order valence-corrected chi connectivity index (χ4v) is 2.42. The third-order valence-electron chi connectivity index (χ3n) is 3.53. The second kappa shape index (κ2) is 5.32. The number of nitrogens with two attached hydrogens (primary N) is 1. The summed E-state index contributed by atoms with van der Waals surface area (Å²) < 4.78 is 0. The van der Waals surface area contributed by atoms with Crippen LogP contribution in [0.3, 0.4) is 0 Å². The molecule has 2 unspecified atom stereocenters. The van der Waals surface area contributed by atoms with Gasteiger partial charge in [0, 0.05) is 12.6 Å². The highest BCUT2D eigenvalue weighted by Gasteiger charge is 2.33. The first-order valence-electron chi connectivity index (χ1n) is 6.30. The SMILES string of the molecule is CC1CCN(c2ccc([N+](=O)[O-])c(N)n2)C(C(=O)O)C1. The summed E-state index contributed by atoms with van der Waals surface area (Å²) in [4.78, 5) is 27.0. The van der Waals surface area contributed by atoms with Gasteiger partial charge in [0.05, 0.1) is 4.92 Å². The Hall–Kier alpha value is -2.38. The fraction of sp³-hybridized carbons (Fsp3) is 0.500. The van der Waals surface area contributed by atoms with Gasteiger partial charge in [0.15, 0.2) is 0 Å². The van der Waals surface area contributed by atoms with Crippen molar-refractivity contribution in [3.8, 4) is 0 Å². The van der Waals surface area contributed by atoms with Crippen LogP contribution in [0.2, 0.25) is 0 Å². The molecule has 2 atom stereocenters. The standard InChI is InChI=1S/C12H16N4O4/c1-7-4-5-15(9(6-7)12(17)18)10-3-2-8(16(19)20)11(13)14-10/h2-3,7,9H,4-6H2,1H3,(H2,13,14)(H,17,18). The van der Waals surface area contributed by atoms with Crippen molar-refractivity contribution in [2.75, 3.05) is 17.2 Å². The molecule has 1 saturated heterocycles. The summed E-state index contributed by atoms with van der Waals surface area (Å²) >= 11 is 0. The minimum absolute atomic E-state index is 0.199. The molecule has 1 aliphatic rings. The van der Waals surface area contributed by atoms with Gasteiger partial charge in [-0.3, -0.25) is 10.1 Å². The summed E-state index contributed by atoms with van der Waals surface area (Å²) in [5, 5.41) is 20.0. The Bertz CT molecular complexity index is 548. The first-order chi connectivity index (χ1) is 9.40. The van der Waals surface area contributed by atoms with Crippen LogP contribution in [-0.2, 0) is 4.79 Å². The van der Waals surface area contributed by atoms with Gasteiger partial charge in [-0.25, -0.2) is 9.78 Å². The van der Waals surface area contributed by atoms with Crippen molar-refractivity contribution in [2.45, 2.75) is 25.8 Å². The zero-order chi connectivity index (χ0) is 14.9. The third kappa shape index (κ3) is 2.63. The van der Waals surface area contributed by atoms with Crippen LogP contribution in [0.15, 0.2) is 12.1 Å². The molecule has 2 heterocycles. The average molecular weight is 280 g/mol. The van der Waals surface area contributed by atoms with E-state index in [-0.39, 0.29) is 11.5 Å². The van der Waals surface area contributed by atoms with Crippen LogP contribution in [0.25, 0.3) is 0 Å². The van der Waals surface area contributed by atoms with E-state index in [9.17, 15) is 20.0 Å². The summed E-state index contributed by atoms with van der Waals surface area (Å²) in [7, 11) is 0. The maximum absolute atomic E-state index is 11.3. The van der Waals surface area contributed by atoms with Gasteiger partial charge < -0.3 is 15.7 Å². The minimum atomic E-state index is -0.921. The Labute approximate surface area is 115 Å². The van der Waals surface area contributed by atoms with Crippen LogP contribution in [0.1, 0.15) is 19.8 Å². The quantitative estimate of drug-likeness (QED) is 0.631. The molecule has 0 aliphatic carbocycles. The topological polar surface area (TPSA) is 123 Å². The molecule has 3 N–H and O–H groups in total. The number of nitrogens with zero attached hydrogens (tertiary/aromatic N) is 3. The Morgan fingerprint density at radius 2 is 2.30 bits per heavy atom. The predicted octanol–water partition coefficient (Wildman–Crippen LogP) is 1.26. The molecule has 20 heavy (non-hydrogen) atoms. The van der Waals surface area contributed by atoms with Crippen LogP contribution < -0.4 is 10.6 Å². The van der Waals surface area contributed by atoms with E-state index in [2.05, 4.69) is 4.98 Å². The number of carbonyl (C=O) groups is 1. The summed E-state index contributed by atoms with van der Waals surface area (Å²) in [5.41, 5.74) is 5.28. The van der Waals surface area contributed by atoms with Crippen LogP contribution in [0, 0.1) is 16.0 Å². The zero-order valence-electron chi connectivity index (χ0n) is 11.0. The molecule has 0 bridgehead atoms. The van der Waals surface area contributed by atoms with E-state index in [1.165, 1.54) is 12.1 Å². The van der Waals surface area contributed by atoms with Crippen molar-refractivity contribution in [1.82, 2.24) is 4.98 Å². The number of carboxylic acids is 1. The highest BCUT2D eigenvalue weighted by atomic mass is 16.6. The molecule has 8 nitrogen and oxygen atoms in total. The van der Waals surface area contributed by atoms with E-state index in [0.29, 0.717) is 24.7 Å². The van der Waals surface area contributed by atoms with Crippen molar-refractivity contribution in [2.24, 2.45) is 5.92 Å². The number of carboxylic acid groups (broad SMARTS) is 1. The number of nitrogen functional groups attached to an aromatic ring is 1. The van der Waals surface area contributed by atoms with Crippen LogP contribution in [0.5, 0.6) is 0 Å². The van der Waals surface area contributed by atoms with E-state index in [4.69, 9.17) is 5.73 Å². The normalized spacial score (nSPS) is 22.6. The third-order valence-corrected chi connectivity index (χ3v) is 3.53. The summed E-state index contributed by atoms with van der Waals surface area (Å²) in [5.74, 6) is -0.430. The monoisotopic (exact) mass is 280 g/mol. The molecule has 1 aliphatic heterocycles. The lowest BCUT2D eigenvalue weighted by Crippen LogP contribution is -2.47. The second-order valence-corrected chi connectivity index (χ2v) is 5.01. The lowest BCUT2D eigenvalue weighted by Gasteiger charge is -2.36. The van der Waals surface area contributed by atoms with E-state index in [1.807, 2.05) is 6.92 Å². The van der Waals surface area contributed by atoms with Crippen LogP contribution in [0.4, 0.5) is 17.3 Å². The summed E-state index contributed by atoms with van der Waals surface area (Å²) in [6.07, 6.45) is 1.37. The number of hydrogen-bond acceptors (Lipinski definition) is 6. The van der Waals surface area contributed by atoms with Crippen molar-refractivity contribution >= 4 is 23.3 Å². The molecule has 2 rings (SSSR count). The van der Waals surface area contributed by atoms with Gasteiger partial charge in [-0.1, -0.05) is 6.92 Å². The Morgan fingerprint density at radius 3 is 2.85 bits per heavy atom. The largest absolute Gasteiger partial charge is 0.480 e. The lowest BCUT2D eigenvalue weighted by molar-refractivity contribution is -0.384. The molecule has 0 saturated carbocycles. The number of rotatable bonds is 3. The molecule has 0 amide bonds. The van der Waals surface area contributed by atoms with E-state index in [1.54, 1.807) is 4.90 Å². The van der Waals surface area contributed by atoms with E-state index >= 15 is 0 Å². The lowest BCUT2D eigenvalue weighted by atomic mass is 9.92. The van der Waals surface area contributed by atoms with E-state index in [0.717, 1.165) is 6.42 Å². The summed E-state index contributed by atoms with van der Waals surface area (Å²) in [6.45, 7) is 2.55. The molecular weight excluding hydrogens is 264 g/mol. The van der Waals surface area contributed by atoms with E-state index < -0.39 is 16.9 Å². The molecule has 0 aromatic carbocycles. The van der Waals surface area contributed by atoms with Crippen molar-refractivity contribution in [3.05, 3.63) is 22.2 Å². The minimum Gasteiger partial charge on any atom is -0.480 e. The number of pyridine rings is 1. The Kier molecular flexibility index (Phi) is 3.73. The van der Waals surface area contributed by atoms with Gasteiger partial charge in [-0.15, -0.1) is 0 Å². The average Bonchev–Trinajstić information content (AvgIpc) is 2.37. The van der Waals surface area contributed by atoms with Gasteiger partial charge in [0.2, 0.25) is 5.82 Å². The van der Waals surface area contributed by atoms with Gasteiger partial charge in [0.1, 0.15) is 11.9 Å². The number of nitro groups is 1. The molecular formula is C12H16N4O4. The van der Waals surface area contributed by atoms with Crippen molar-refractivity contribution < 1.29 is 14.8 Å². The van der Waals surface area contributed by atoms with Crippen molar-refractivity contribution in [3.63, 3.8) is 0 Å². The first kappa shape index (κ1) is 14.0. The Balaban J connectivity index is 2.32. The zero-order valence-corrected chi connectivity index (χ0v) is 11.0. The van der Waals surface area contributed by atoms with Gasteiger partial charge in [-0.05, 0) is 24.8 Å². The number of anilines is 2. The number of aliphatic carboxylic acids is 1. The Morgan fingerprint density at radius 1 is 1.60 bits per heavy atom. The molecule has 1 aromatic heterocycles. The van der Waals surface area contributed by atoms with Crippen LogP contribution in [-0.4, -0.2) is 33.6 Å². The highest BCUT2D eigenvalue weighted by Crippen LogP contribution is 2.29. The van der Waals surface area contributed by atoms with Crippen LogP contribution >= 0.6 is 0 Å². The predicted molar refractivity (Wildman–Crippen MR) is 72.5 cm³/mol. The smallest absolute Gasteiger partial charge is 0.326 e. The summed E-state index contributed by atoms with van der Waals surface area (Å²) in [6, 6.07) is 2.03. The molecule has 1 fully saturated rings. The molecule has 1 aromatic rings. The first-order valence-corrected chi connectivity index (χ1v) is 6.30. The van der Waals surface area contributed by atoms with Crippen molar-refractivity contribution in [1.29, 1.82) is 0 Å². The second-order valence-electron chi connectivity index (χ2n) is 5.01. The number of aromatic nitrogens is 1. The maximum atomic E-state index is 11.3. The maximum Gasteiger partial charge on any atom is 0.326 e. The highest BCUT2D eigenvalue weighted by molar-refractivity contribution is 5.78. The number of hydrogen-bond donors (Lipinski definition) is 2. The van der Waals surface area contributed by atoms with Gasteiger partial charge in [0.25, 0.3) is 0 Å². The molecule has 0 radical (unpaired) electrons. The molecule has 0 spiro atoms. The molecule has 8 heteroatoms. The molecule has 108 valence electrons. The number of piperidine rings is 1. The fourth-order valence-electron chi connectivity index (χ4n) is 2.42. The van der Waals surface area contributed by atoms with Gasteiger partial charge >= 0.3 is 11.7 Å². The van der Waals surface area contributed by atoms with Gasteiger partial charge in [-0.2, -0.15) is 0 Å².